The molecule has 0 aliphatic carbocycles. The second-order valence-corrected chi connectivity index (χ2v) is 5.97. The molecule has 0 aliphatic heterocycles. The van der Waals surface area contributed by atoms with Crippen LogP contribution in [-0.2, 0) is 5.41 Å². The van der Waals surface area contributed by atoms with Crippen LogP contribution in [0, 0.1) is 6.92 Å². The summed E-state index contributed by atoms with van der Waals surface area (Å²) in [5.74, 6) is 0. The number of benzene rings is 3. The molecule has 0 fully saturated rings. The maximum Gasteiger partial charge on any atom is 0.0155 e. The lowest BCUT2D eigenvalue weighted by molar-refractivity contribution is 0.642. The number of hydrogen-bond donors (Lipinski definition) is 0. The second-order valence-electron chi connectivity index (χ2n) is 5.97. The second kappa shape index (κ2) is 4.79. The highest BCUT2D eigenvalue weighted by molar-refractivity contribution is 5.87. The van der Waals surface area contributed by atoms with Crippen molar-refractivity contribution in [2.24, 2.45) is 0 Å². The van der Waals surface area contributed by atoms with Gasteiger partial charge in [0.15, 0.2) is 0 Å². The van der Waals surface area contributed by atoms with E-state index in [0.29, 0.717) is 0 Å². The van der Waals surface area contributed by atoms with Crippen molar-refractivity contribution in [2.75, 3.05) is 0 Å². The molecule has 0 nitrogen and oxygen atoms in total. The largest absolute Gasteiger partial charge is 0.0620 e. The van der Waals surface area contributed by atoms with Gasteiger partial charge in [-0.05, 0) is 34.4 Å². The first-order chi connectivity index (χ1) is 9.60. The first-order valence-corrected chi connectivity index (χ1v) is 7.15. The lowest BCUT2D eigenvalue weighted by atomic mass is 9.74. The minimum absolute atomic E-state index is 0.00616. The number of rotatable bonds is 2. The molecule has 0 N–H and O–H groups in total. The van der Waals surface area contributed by atoms with E-state index in [1.165, 1.54) is 27.5 Å². The monoisotopic (exact) mass is 260 g/mol. The molecule has 0 heteroatoms. The van der Waals surface area contributed by atoms with Gasteiger partial charge in [0.1, 0.15) is 0 Å². The average molecular weight is 260 g/mol. The van der Waals surface area contributed by atoms with Crippen LogP contribution in [0.2, 0.25) is 0 Å². The zero-order valence-corrected chi connectivity index (χ0v) is 12.4. The standard InChI is InChI=1S/C20H20/c1-15-9-4-7-13-18(15)20(2,3)19-14-8-11-16-10-5-6-12-17(16)19/h4-14H,1-3H3. The van der Waals surface area contributed by atoms with E-state index in [2.05, 4.69) is 87.5 Å². The minimum atomic E-state index is 0.00616. The van der Waals surface area contributed by atoms with Crippen LogP contribution in [0.4, 0.5) is 0 Å². The maximum atomic E-state index is 2.32. The van der Waals surface area contributed by atoms with Gasteiger partial charge in [-0.3, -0.25) is 0 Å². The van der Waals surface area contributed by atoms with E-state index in [-0.39, 0.29) is 5.41 Å². The number of aryl methyl sites for hydroxylation is 1. The normalized spacial score (nSPS) is 11.8. The molecule has 0 bridgehead atoms. The van der Waals surface area contributed by atoms with Crippen molar-refractivity contribution < 1.29 is 0 Å². The predicted octanol–water partition coefficient (Wildman–Crippen LogP) is 5.47. The average Bonchev–Trinajstić information content (AvgIpc) is 2.47. The van der Waals surface area contributed by atoms with Crippen molar-refractivity contribution in [1.29, 1.82) is 0 Å². The van der Waals surface area contributed by atoms with Crippen molar-refractivity contribution in [3.8, 4) is 0 Å². The summed E-state index contributed by atoms with van der Waals surface area (Å²) in [6.45, 7) is 6.83. The summed E-state index contributed by atoms with van der Waals surface area (Å²) in [5.41, 5.74) is 4.15. The van der Waals surface area contributed by atoms with Gasteiger partial charge >= 0.3 is 0 Å². The summed E-state index contributed by atoms with van der Waals surface area (Å²) in [4.78, 5) is 0. The van der Waals surface area contributed by atoms with Gasteiger partial charge in [-0.1, -0.05) is 80.6 Å². The van der Waals surface area contributed by atoms with Crippen LogP contribution in [-0.4, -0.2) is 0 Å². The number of hydrogen-bond acceptors (Lipinski definition) is 0. The van der Waals surface area contributed by atoms with E-state index in [1.54, 1.807) is 0 Å². The molecule has 0 spiro atoms. The molecule has 3 aromatic rings. The van der Waals surface area contributed by atoms with Crippen LogP contribution >= 0.6 is 0 Å². The van der Waals surface area contributed by atoms with Gasteiger partial charge in [-0.15, -0.1) is 0 Å². The first kappa shape index (κ1) is 12.9. The van der Waals surface area contributed by atoms with Gasteiger partial charge in [-0.25, -0.2) is 0 Å². The van der Waals surface area contributed by atoms with Crippen LogP contribution in [0.1, 0.15) is 30.5 Å². The van der Waals surface area contributed by atoms with Gasteiger partial charge < -0.3 is 0 Å². The molecule has 100 valence electrons. The fraction of sp³-hybridized carbons (Fsp3) is 0.200. The molecule has 0 aliphatic rings. The van der Waals surface area contributed by atoms with Gasteiger partial charge in [0.25, 0.3) is 0 Å². The van der Waals surface area contributed by atoms with Crippen LogP contribution < -0.4 is 0 Å². The summed E-state index contributed by atoms with van der Waals surface area (Å²) >= 11 is 0. The quantitative estimate of drug-likeness (QED) is 0.573. The Balaban J connectivity index is 2.27. The maximum absolute atomic E-state index is 2.32. The van der Waals surface area contributed by atoms with Crippen molar-refractivity contribution in [3.05, 3.63) is 83.4 Å². The van der Waals surface area contributed by atoms with E-state index < -0.39 is 0 Å². The summed E-state index contributed by atoms with van der Waals surface area (Å²) in [6.07, 6.45) is 0. The molecule has 3 aromatic carbocycles. The van der Waals surface area contributed by atoms with Crippen LogP contribution in [0.15, 0.2) is 66.7 Å². The summed E-state index contributed by atoms with van der Waals surface area (Å²) in [5, 5.41) is 2.66. The third-order valence-corrected chi connectivity index (χ3v) is 4.28. The molecule has 0 unspecified atom stereocenters. The Hall–Kier alpha value is -2.08. The predicted molar refractivity (Wildman–Crippen MR) is 87.3 cm³/mol. The molecule has 0 saturated carbocycles. The Morgan fingerprint density at radius 3 is 2.05 bits per heavy atom. The summed E-state index contributed by atoms with van der Waals surface area (Å²) in [7, 11) is 0. The van der Waals surface area contributed by atoms with Gasteiger partial charge in [-0.2, -0.15) is 0 Å². The van der Waals surface area contributed by atoms with Crippen LogP contribution in [0.25, 0.3) is 10.8 Å². The van der Waals surface area contributed by atoms with E-state index in [9.17, 15) is 0 Å². The third kappa shape index (κ3) is 2.02. The first-order valence-electron chi connectivity index (χ1n) is 7.15. The molecule has 0 atom stereocenters. The fourth-order valence-corrected chi connectivity index (χ4v) is 3.19. The highest BCUT2D eigenvalue weighted by atomic mass is 14.3. The van der Waals surface area contributed by atoms with E-state index in [4.69, 9.17) is 0 Å². The van der Waals surface area contributed by atoms with Crippen molar-refractivity contribution in [3.63, 3.8) is 0 Å². The zero-order chi connectivity index (χ0) is 14.2. The SMILES string of the molecule is Cc1ccccc1C(C)(C)c1cccc2ccccc12. The van der Waals surface area contributed by atoms with E-state index in [1.807, 2.05) is 0 Å². The zero-order valence-electron chi connectivity index (χ0n) is 12.4. The highest BCUT2D eigenvalue weighted by Crippen LogP contribution is 2.37. The molecule has 3 rings (SSSR count). The van der Waals surface area contributed by atoms with E-state index >= 15 is 0 Å². The van der Waals surface area contributed by atoms with E-state index in [0.717, 1.165) is 0 Å². The van der Waals surface area contributed by atoms with Crippen LogP contribution in [0.5, 0.6) is 0 Å². The Labute approximate surface area is 121 Å². The van der Waals surface area contributed by atoms with Crippen molar-refractivity contribution in [1.82, 2.24) is 0 Å². The minimum Gasteiger partial charge on any atom is -0.0620 e. The lowest BCUT2D eigenvalue weighted by Crippen LogP contribution is -2.20. The smallest absolute Gasteiger partial charge is 0.0155 e. The molecule has 0 heterocycles. The topological polar surface area (TPSA) is 0 Å². The Bertz CT molecular complexity index is 745. The van der Waals surface area contributed by atoms with Gasteiger partial charge in [0.05, 0.1) is 0 Å². The summed E-state index contributed by atoms with van der Waals surface area (Å²) in [6, 6.07) is 23.9. The molecule has 20 heavy (non-hydrogen) atoms. The van der Waals surface area contributed by atoms with Crippen molar-refractivity contribution >= 4 is 10.8 Å². The van der Waals surface area contributed by atoms with Crippen LogP contribution in [0.3, 0.4) is 0 Å². The lowest BCUT2D eigenvalue weighted by Gasteiger charge is -2.29. The Morgan fingerprint density at radius 1 is 0.650 bits per heavy atom. The Kier molecular flexibility index (Phi) is 3.10. The highest BCUT2D eigenvalue weighted by Gasteiger charge is 2.26. The Morgan fingerprint density at radius 2 is 1.25 bits per heavy atom. The number of fused-ring (bicyclic) bond motifs is 1. The van der Waals surface area contributed by atoms with Gasteiger partial charge in [0, 0.05) is 5.41 Å². The molecule has 0 aromatic heterocycles. The fourth-order valence-electron chi connectivity index (χ4n) is 3.19. The molecule has 0 radical (unpaired) electrons. The summed E-state index contributed by atoms with van der Waals surface area (Å²) < 4.78 is 0. The van der Waals surface area contributed by atoms with Gasteiger partial charge in [0.2, 0.25) is 0 Å². The molecule has 0 amide bonds. The third-order valence-electron chi connectivity index (χ3n) is 4.28. The van der Waals surface area contributed by atoms with Crippen molar-refractivity contribution in [2.45, 2.75) is 26.2 Å². The molecular weight excluding hydrogens is 240 g/mol. The molecule has 0 saturated heterocycles. The molecular formula is C20H20.